The fourth-order valence-corrected chi connectivity index (χ4v) is 4.00. The normalized spacial score (nSPS) is 22.9. The van der Waals surface area contributed by atoms with Crippen molar-refractivity contribution in [2.45, 2.75) is 37.6 Å². The van der Waals surface area contributed by atoms with Crippen LogP contribution in [0.3, 0.4) is 0 Å². The summed E-state index contributed by atoms with van der Waals surface area (Å²) in [7, 11) is 0. The third kappa shape index (κ3) is 2.77. The molecule has 2 aromatic rings. The molecule has 0 radical (unpaired) electrons. The molecule has 3 heterocycles. The fraction of sp³-hybridized carbons (Fsp3) is 0.562. The van der Waals surface area contributed by atoms with Crippen LogP contribution in [0.15, 0.2) is 24.4 Å². The molecule has 5 heteroatoms. The number of pyridine rings is 1. The number of nitrogens with zero attached hydrogens (tertiary/aromatic N) is 3. The second-order valence-corrected chi connectivity index (χ2v) is 7.64. The molecule has 1 saturated carbocycles. The third-order valence-electron chi connectivity index (χ3n) is 4.28. The van der Waals surface area contributed by atoms with E-state index in [1.54, 1.807) is 0 Å². The second kappa shape index (κ2) is 5.54. The van der Waals surface area contributed by atoms with Gasteiger partial charge < -0.3 is 14.6 Å². The Morgan fingerprint density at radius 2 is 2.29 bits per heavy atom. The van der Waals surface area contributed by atoms with Crippen LogP contribution in [0.5, 0.6) is 0 Å². The van der Waals surface area contributed by atoms with Crippen molar-refractivity contribution in [3.63, 3.8) is 0 Å². The van der Waals surface area contributed by atoms with Crippen molar-refractivity contribution in [2.24, 2.45) is 0 Å². The zero-order valence-electron chi connectivity index (χ0n) is 12.5. The Labute approximate surface area is 129 Å². The highest BCUT2D eigenvalue weighted by atomic mass is 32.2. The summed E-state index contributed by atoms with van der Waals surface area (Å²) < 4.78 is 2.25. The van der Waals surface area contributed by atoms with E-state index in [1.165, 1.54) is 30.1 Å². The number of thioether (sulfide) groups is 1. The maximum Gasteiger partial charge on any atom is 0.152 e. The first kappa shape index (κ1) is 13.5. The van der Waals surface area contributed by atoms with Crippen molar-refractivity contribution in [1.29, 1.82) is 0 Å². The smallest absolute Gasteiger partial charge is 0.152 e. The first-order valence-electron chi connectivity index (χ1n) is 7.87. The maximum atomic E-state index is 4.91. The molecule has 1 saturated heterocycles. The van der Waals surface area contributed by atoms with Gasteiger partial charge in [-0.2, -0.15) is 11.8 Å². The number of hydrogen-bond acceptors (Lipinski definition) is 4. The van der Waals surface area contributed by atoms with Crippen LogP contribution in [0.1, 0.15) is 25.5 Å². The van der Waals surface area contributed by atoms with Gasteiger partial charge in [0.25, 0.3) is 0 Å². The van der Waals surface area contributed by atoms with Gasteiger partial charge in [-0.1, -0.05) is 13.0 Å². The summed E-state index contributed by atoms with van der Waals surface area (Å²) in [6, 6.07) is 6.99. The summed E-state index contributed by atoms with van der Waals surface area (Å²) in [6.07, 6.45) is 4.78. The van der Waals surface area contributed by atoms with Crippen molar-refractivity contribution in [2.75, 3.05) is 23.7 Å². The van der Waals surface area contributed by atoms with E-state index in [9.17, 15) is 0 Å². The Bertz CT molecular complexity index is 634. The number of hydrogen-bond donors (Lipinski definition) is 1. The maximum absolute atomic E-state index is 4.91. The minimum Gasteiger partial charge on any atom is -0.353 e. The number of anilines is 1. The van der Waals surface area contributed by atoms with Crippen molar-refractivity contribution in [1.82, 2.24) is 14.7 Å². The van der Waals surface area contributed by atoms with Gasteiger partial charge in [-0.15, -0.1) is 0 Å². The van der Waals surface area contributed by atoms with E-state index in [-0.39, 0.29) is 0 Å². The van der Waals surface area contributed by atoms with Crippen molar-refractivity contribution < 1.29 is 0 Å². The summed E-state index contributed by atoms with van der Waals surface area (Å²) in [4.78, 5) is 7.38. The molecular formula is C16H22N4S. The lowest BCUT2D eigenvalue weighted by atomic mass is 10.3. The molecule has 1 aliphatic heterocycles. The number of rotatable bonds is 4. The van der Waals surface area contributed by atoms with Gasteiger partial charge in [0.2, 0.25) is 0 Å². The van der Waals surface area contributed by atoms with Crippen molar-refractivity contribution in [3.05, 3.63) is 30.1 Å². The quantitative estimate of drug-likeness (QED) is 0.941. The van der Waals surface area contributed by atoms with E-state index in [0.717, 1.165) is 31.3 Å². The lowest BCUT2D eigenvalue weighted by Gasteiger charge is -2.31. The van der Waals surface area contributed by atoms with Gasteiger partial charge >= 0.3 is 0 Å². The third-order valence-corrected chi connectivity index (χ3v) is 5.42. The molecule has 0 spiro atoms. The first-order valence-corrected chi connectivity index (χ1v) is 8.92. The van der Waals surface area contributed by atoms with E-state index in [4.69, 9.17) is 4.98 Å². The Hall–Kier alpha value is -1.20. The highest BCUT2D eigenvalue weighted by Crippen LogP contribution is 2.28. The molecule has 2 aliphatic rings. The lowest BCUT2D eigenvalue weighted by Crippen LogP contribution is -2.37. The molecule has 1 atom stereocenters. The summed E-state index contributed by atoms with van der Waals surface area (Å²) >= 11 is 2.07. The van der Waals surface area contributed by atoms with E-state index < -0.39 is 0 Å². The lowest BCUT2D eigenvalue weighted by molar-refractivity contribution is 0.664. The van der Waals surface area contributed by atoms with Crippen LogP contribution in [0.2, 0.25) is 0 Å². The minimum atomic E-state index is 0.688. The standard InChI is InChI=1S/C16H22N4S/c1-12-11-19(8-9-21-12)16-14(10-17-13-5-6-13)20-7-3-2-4-15(20)18-16/h2-4,7,12-13,17H,5-6,8-11H2,1H3. The van der Waals surface area contributed by atoms with Crippen LogP contribution in [0.25, 0.3) is 5.65 Å². The predicted molar refractivity (Wildman–Crippen MR) is 89.2 cm³/mol. The van der Waals surface area contributed by atoms with Crippen LogP contribution >= 0.6 is 11.8 Å². The van der Waals surface area contributed by atoms with E-state index >= 15 is 0 Å². The molecule has 2 fully saturated rings. The molecule has 0 amide bonds. The van der Waals surface area contributed by atoms with Gasteiger partial charge in [-0.05, 0) is 25.0 Å². The molecule has 4 nitrogen and oxygen atoms in total. The molecule has 1 N–H and O–H groups in total. The SMILES string of the molecule is CC1CN(c2nc3ccccn3c2CNC2CC2)CCS1. The molecule has 4 rings (SSSR count). The molecule has 0 bridgehead atoms. The van der Waals surface area contributed by atoms with Gasteiger partial charge in [0.05, 0.1) is 5.69 Å². The average Bonchev–Trinajstić information content (AvgIpc) is 3.25. The van der Waals surface area contributed by atoms with Gasteiger partial charge in [0.1, 0.15) is 5.65 Å². The summed E-state index contributed by atoms with van der Waals surface area (Å²) in [5.74, 6) is 2.38. The second-order valence-electron chi connectivity index (χ2n) is 6.09. The van der Waals surface area contributed by atoms with E-state index in [2.05, 4.69) is 57.7 Å². The predicted octanol–water partition coefficient (Wildman–Crippen LogP) is 2.53. The number of aromatic nitrogens is 2. The van der Waals surface area contributed by atoms with Crippen LogP contribution in [0, 0.1) is 0 Å². The topological polar surface area (TPSA) is 32.6 Å². The number of imidazole rings is 1. The Morgan fingerprint density at radius 3 is 3.10 bits per heavy atom. The van der Waals surface area contributed by atoms with E-state index in [1.807, 2.05) is 0 Å². The van der Waals surface area contributed by atoms with Crippen LogP contribution in [-0.4, -0.2) is 39.5 Å². The Kier molecular flexibility index (Phi) is 3.55. The molecule has 21 heavy (non-hydrogen) atoms. The largest absolute Gasteiger partial charge is 0.353 e. The van der Waals surface area contributed by atoms with Crippen LogP contribution in [0.4, 0.5) is 5.82 Å². The molecule has 1 unspecified atom stereocenters. The average molecular weight is 302 g/mol. The van der Waals surface area contributed by atoms with Crippen molar-refractivity contribution in [3.8, 4) is 0 Å². The van der Waals surface area contributed by atoms with Crippen LogP contribution < -0.4 is 10.2 Å². The van der Waals surface area contributed by atoms with E-state index in [0.29, 0.717) is 5.25 Å². The van der Waals surface area contributed by atoms with Gasteiger partial charge in [0.15, 0.2) is 5.82 Å². The zero-order chi connectivity index (χ0) is 14.2. The van der Waals surface area contributed by atoms with Gasteiger partial charge in [-0.25, -0.2) is 4.98 Å². The molecule has 112 valence electrons. The fourth-order valence-electron chi connectivity index (χ4n) is 2.99. The summed E-state index contributed by atoms with van der Waals surface area (Å²) in [6.45, 7) is 5.44. The highest BCUT2D eigenvalue weighted by molar-refractivity contribution is 8.00. The Balaban J connectivity index is 1.69. The molecule has 1 aliphatic carbocycles. The highest BCUT2D eigenvalue weighted by Gasteiger charge is 2.25. The molecule has 2 aromatic heterocycles. The van der Waals surface area contributed by atoms with Crippen molar-refractivity contribution >= 4 is 23.2 Å². The monoisotopic (exact) mass is 302 g/mol. The van der Waals surface area contributed by atoms with Gasteiger partial charge in [-0.3, -0.25) is 0 Å². The summed E-state index contributed by atoms with van der Waals surface area (Å²) in [5, 5.41) is 4.34. The zero-order valence-corrected chi connectivity index (χ0v) is 13.3. The summed E-state index contributed by atoms with van der Waals surface area (Å²) in [5.41, 5.74) is 2.38. The number of fused-ring (bicyclic) bond motifs is 1. The number of nitrogens with one attached hydrogen (secondary N) is 1. The van der Waals surface area contributed by atoms with Gasteiger partial charge in [0, 0.05) is 42.9 Å². The molecular weight excluding hydrogens is 280 g/mol. The minimum absolute atomic E-state index is 0.688. The first-order chi connectivity index (χ1) is 10.3. The Morgan fingerprint density at radius 1 is 1.38 bits per heavy atom. The van der Waals surface area contributed by atoms with Crippen LogP contribution in [-0.2, 0) is 6.54 Å². The molecule has 0 aromatic carbocycles.